The van der Waals surface area contributed by atoms with E-state index in [4.69, 9.17) is 23.8 Å². The van der Waals surface area contributed by atoms with E-state index in [1.807, 2.05) is 12.1 Å². The van der Waals surface area contributed by atoms with Gasteiger partial charge in [0.15, 0.2) is 5.11 Å². The fraction of sp³-hybridized carbons (Fsp3) is 0.0667. The zero-order valence-electron chi connectivity index (χ0n) is 12.1. The zero-order valence-corrected chi connectivity index (χ0v) is 13.7. The van der Waals surface area contributed by atoms with Crippen molar-refractivity contribution in [1.82, 2.24) is 5.43 Å². The van der Waals surface area contributed by atoms with Crippen molar-refractivity contribution in [3.8, 4) is 0 Å². The van der Waals surface area contributed by atoms with Crippen LogP contribution in [-0.4, -0.2) is 15.7 Å². The van der Waals surface area contributed by atoms with Crippen molar-refractivity contribution < 1.29 is 4.92 Å². The van der Waals surface area contributed by atoms with E-state index >= 15 is 0 Å². The number of halogens is 1. The molecular weight excluding hydrogens is 336 g/mol. The molecule has 2 aromatic rings. The summed E-state index contributed by atoms with van der Waals surface area (Å²) in [5, 5.41) is 18.6. The molecule has 118 valence electrons. The molecule has 0 unspecified atom stereocenters. The monoisotopic (exact) mass is 348 g/mol. The number of thiocarbonyl (C=S) groups is 1. The second kappa shape index (κ2) is 7.66. The Morgan fingerprint density at radius 3 is 2.70 bits per heavy atom. The van der Waals surface area contributed by atoms with Crippen LogP contribution in [-0.2, 0) is 0 Å². The average molecular weight is 349 g/mol. The van der Waals surface area contributed by atoms with E-state index in [2.05, 4.69) is 15.8 Å². The highest BCUT2D eigenvalue weighted by molar-refractivity contribution is 7.80. The van der Waals surface area contributed by atoms with Gasteiger partial charge in [-0.1, -0.05) is 35.9 Å². The molecule has 0 radical (unpaired) electrons. The molecule has 0 aliphatic carbocycles. The van der Waals surface area contributed by atoms with Crippen molar-refractivity contribution in [2.75, 3.05) is 5.32 Å². The van der Waals surface area contributed by atoms with E-state index in [0.717, 1.165) is 5.56 Å². The predicted octanol–water partition coefficient (Wildman–Crippen LogP) is 3.96. The summed E-state index contributed by atoms with van der Waals surface area (Å²) in [6.07, 6.45) is 0. The first-order valence-electron chi connectivity index (χ1n) is 6.58. The van der Waals surface area contributed by atoms with Crippen LogP contribution in [0.2, 0.25) is 5.02 Å². The lowest BCUT2D eigenvalue weighted by atomic mass is 10.1. The molecule has 0 spiro atoms. The molecule has 0 fully saturated rings. The van der Waals surface area contributed by atoms with E-state index in [-0.39, 0.29) is 10.8 Å². The number of nitro groups is 1. The highest BCUT2D eigenvalue weighted by Gasteiger charge is 2.12. The Balaban J connectivity index is 2.06. The van der Waals surface area contributed by atoms with Crippen LogP contribution in [0.5, 0.6) is 0 Å². The highest BCUT2D eigenvalue weighted by atomic mass is 35.5. The molecule has 2 N–H and O–H groups in total. The number of hydrogen-bond donors (Lipinski definition) is 2. The topological polar surface area (TPSA) is 79.6 Å². The van der Waals surface area contributed by atoms with Gasteiger partial charge in [0.2, 0.25) is 0 Å². The minimum atomic E-state index is -0.481. The number of nitro benzene ring substituents is 1. The van der Waals surface area contributed by atoms with Crippen molar-refractivity contribution in [2.24, 2.45) is 5.10 Å². The van der Waals surface area contributed by atoms with E-state index in [9.17, 15) is 10.1 Å². The van der Waals surface area contributed by atoms with E-state index < -0.39 is 4.92 Å². The van der Waals surface area contributed by atoms with Gasteiger partial charge >= 0.3 is 0 Å². The number of hydrazone groups is 1. The van der Waals surface area contributed by atoms with Crippen LogP contribution in [0.4, 0.5) is 11.4 Å². The molecule has 2 aromatic carbocycles. The number of anilines is 1. The number of benzene rings is 2. The van der Waals surface area contributed by atoms with Gasteiger partial charge in [-0.05, 0) is 42.9 Å². The highest BCUT2D eigenvalue weighted by Crippen LogP contribution is 2.22. The standard InChI is InChI=1S/C15H13ClN4O2S/c1-10(11-5-4-6-12(16)9-11)18-19-15(23)17-13-7-2-3-8-14(13)20(21)22/h2-9H,1H3,(H2,17,19,23)/b18-10-. The lowest BCUT2D eigenvalue weighted by molar-refractivity contribution is -0.383. The lowest BCUT2D eigenvalue weighted by Gasteiger charge is -2.08. The largest absolute Gasteiger partial charge is 0.326 e. The van der Waals surface area contributed by atoms with Gasteiger partial charge in [-0.3, -0.25) is 15.5 Å². The van der Waals surface area contributed by atoms with Crippen molar-refractivity contribution >= 4 is 46.0 Å². The van der Waals surface area contributed by atoms with Crippen LogP contribution >= 0.6 is 23.8 Å². The SMILES string of the molecule is C/C(=N/NC(=S)Nc1ccccc1[N+](=O)[O-])c1cccc(Cl)c1. The molecule has 0 saturated carbocycles. The molecule has 0 heterocycles. The average Bonchev–Trinajstić information content (AvgIpc) is 2.53. The minimum absolute atomic E-state index is 0.0628. The molecule has 2 rings (SSSR count). The van der Waals surface area contributed by atoms with E-state index in [0.29, 0.717) is 16.4 Å². The van der Waals surface area contributed by atoms with Gasteiger partial charge in [0.05, 0.1) is 10.6 Å². The van der Waals surface area contributed by atoms with Gasteiger partial charge in [-0.2, -0.15) is 5.10 Å². The molecule has 0 amide bonds. The number of hydrogen-bond acceptors (Lipinski definition) is 4. The van der Waals surface area contributed by atoms with Crippen LogP contribution in [0, 0.1) is 10.1 Å². The third-order valence-corrected chi connectivity index (χ3v) is 3.34. The van der Waals surface area contributed by atoms with Crippen molar-refractivity contribution in [3.63, 3.8) is 0 Å². The molecule has 0 saturated heterocycles. The molecule has 0 atom stereocenters. The number of para-hydroxylation sites is 2. The molecule has 0 bridgehead atoms. The maximum atomic E-state index is 10.9. The summed E-state index contributed by atoms with van der Waals surface area (Å²) in [5.41, 5.74) is 4.42. The van der Waals surface area contributed by atoms with Crippen LogP contribution in [0.1, 0.15) is 12.5 Å². The van der Waals surface area contributed by atoms with Gasteiger partial charge in [0.1, 0.15) is 5.69 Å². The Bertz CT molecular complexity index is 780. The minimum Gasteiger partial charge on any atom is -0.326 e. The van der Waals surface area contributed by atoms with Crippen molar-refractivity contribution in [1.29, 1.82) is 0 Å². The smallest absolute Gasteiger partial charge is 0.292 e. The van der Waals surface area contributed by atoms with Gasteiger partial charge in [-0.15, -0.1) is 0 Å². The van der Waals surface area contributed by atoms with Crippen molar-refractivity contribution in [3.05, 3.63) is 69.2 Å². The zero-order chi connectivity index (χ0) is 16.8. The van der Waals surface area contributed by atoms with Gasteiger partial charge in [0.25, 0.3) is 5.69 Å². The molecule has 8 heteroatoms. The van der Waals surface area contributed by atoms with Crippen LogP contribution < -0.4 is 10.7 Å². The predicted molar refractivity (Wildman–Crippen MR) is 96.1 cm³/mol. The number of nitrogens with zero attached hydrogens (tertiary/aromatic N) is 2. The molecule has 0 aliphatic heterocycles. The molecule has 0 aliphatic rings. The summed E-state index contributed by atoms with van der Waals surface area (Å²) < 4.78 is 0. The summed E-state index contributed by atoms with van der Waals surface area (Å²) in [7, 11) is 0. The summed E-state index contributed by atoms with van der Waals surface area (Å²) in [4.78, 5) is 10.5. The summed E-state index contributed by atoms with van der Waals surface area (Å²) in [6, 6.07) is 13.5. The Morgan fingerprint density at radius 1 is 1.26 bits per heavy atom. The maximum absolute atomic E-state index is 10.9. The van der Waals surface area contributed by atoms with Gasteiger partial charge in [0, 0.05) is 11.1 Å². The number of rotatable bonds is 4. The molecular formula is C15H13ClN4O2S. The fourth-order valence-electron chi connectivity index (χ4n) is 1.80. The first-order valence-corrected chi connectivity index (χ1v) is 7.36. The fourth-order valence-corrected chi connectivity index (χ4v) is 2.15. The maximum Gasteiger partial charge on any atom is 0.292 e. The number of nitrogens with one attached hydrogen (secondary N) is 2. The Hall–Kier alpha value is -2.51. The normalized spacial score (nSPS) is 11.0. The Kier molecular flexibility index (Phi) is 5.61. The van der Waals surface area contributed by atoms with Gasteiger partial charge < -0.3 is 5.32 Å². The van der Waals surface area contributed by atoms with Crippen LogP contribution in [0.3, 0.4) is 0 Å². The third-order valence-electron chi connectivity index (χ3n) is 2.92. The molecule has 23 heavy (non-hydrogen) atoms. The summed E-state index contributed by atoms with van der Waals surface area (Å²) in [6.45, 7) is 1.80. The first kappa shape index (κ1) is 16.9. The van der Waals surface area contributed by atoms with Crippen molar-refractivity contribution in [2.45, 2.75) is 6.92 Å². The molecule has 0 aromatic heterocycles. The summed E-state index contributed by atoms with van der Waals surface area (Å²) in [5.74, 6) is 0. The van der Waals surface area contributed by atoms with Gasteiger partial charge in [-0.25, -0.2) is 0 Å². The lowest BCUT2D eigenvalue weighted by Crippen LogP contribution is -2.25. The second-order valence-corrected chi connectivity index (χ2v) is 5.39. The van der Waals surface area contributed by atoms with Crippen LogP contribution in [0.25, 0.3) is 0 Å². The Labute approximate surface area is 143 Å². The first-order chi connectivity index (χ1) is 11.0. The third kappa shape index (κ3) is 4.73. The molecule has 6 nitrogen and oxygen atoms in total. The van der Waals surface area contributed by atoms with Crippen LogP contribution in [0.15, 0.2) is 53.6 Å². The Morgan fingerprint density at radius 2 is 2.00 bits per heavy atom. The van der Waals surface area contributed by atoms with E-state index in [1.54, 1.807) is 37.3 Å². The second-order valence-electron chi connectivity index (χ2n) is 4.55. The quantitative estimate of drug-likeness (QED) is 0.378. The van der Waals surface area contributed by atoms with E-state index in [1.165, 1.54) is 6.07 Å². The summed E-state index contributed by atoms with van der Waals surface area (Å²) >= 11 is 11.0.